The van der Waals surface area contributed by atoms with Crippen LogP contribution in [0.1, 0.15) is 44.5 Å². The Balaban J connectivity index is 1.45. The zero-order chi connectivity index (χ0) is 39.6. The van der Waals surface area contributed by atoms with E-state index in [0.29, 0.717) is 0 Å². The highest BCUT2D eigenvalue weighted by molar-refractivity contribution is 5.72. The average molecular weight is 727 g/mol. The summed E-state index contributed by atoms with van der Waals surface area (Å²) in [5.74, 6) is 27.2. The average Bonchev–Trinajstić information content (AvgIpc) is 3.21. The van der Waals surface area contributed by atoms with Gasteiger partial charge in [-0.25, -0.2) is 0 Å². The quantitative estimate of drug-likeness (QED) is 0.164. The second-order valence-corrected chi connectivity index (χ2v) is 14.4. The van der Waals surface area contributed by atoms with Crippen molar-refractivity contribution in [3.63, 3.8) is 0 Å². The van der Waals surface area contributed by atoms with E-state index >= 15 is 0 Å². The number of benzene rings is 6. The Morgan fingerprint density at radius 3 is 0.589 bits per heavy atom. The number of nitrogens with zero attached hydrogens (tertiary/aromatic N) is 4. The van der Waals surface area contributed by atoms with Gasteiger partial charge in [-0.3, -0.25) is 0 Å². The van der Waals surface area contributed by atoms with Crippen LogP contribution in [0.5, 0.6) is 0 Å². The monoisotopic (exact) mass is 726 g/mol. The first-order chi connectivity index (χ1) is 27.0. The molecule has 0 aromatic heterocycles. The summed E-state index contributed by atoms with van der Waals surface area (Å²) in [6.45, 7) is 0. The van der Waals surface area contributed by atoms with Gasteiger partial charge in [0, 0.05) is 124 Å². The van der Waals surface area contributed by atoms with E-state index in [2.05, 4.69) is 200 Å². The van der Waals surface area contributed by atoms with Gasteiger partial charge in [-0.2, -0.15) is 0 Å². The molecule has 4 heteroatoms. The molecule has 56 heavy (non-hydrogen) atoms. The molecular formula is C52H46N4. The Bertz CT molecular complexity index is 2200. The molecule has 0 atom stereocenters. The van der Waals surface area contributed by atoms with E-state index in [9.17, 15) is 0 Å². The molecule has 0 aliphatic rings. The van der Waals surface area contributed by atoms with Crippen molar-refractivity contribution < 1.29 is 0 Å². The highest BCUT2D eigenvalue weighted by Gasteiger charge is 2.07. The molecule has 0 radical (unpaired) electrons. The van der Waals surface area contributed by atoms with E-state index in [0.717, 1.165) is 78.4 Å². The highest BCUT2D eigenvalue weighted by atomic mass is 15.1. The van der Waals surface area contributed by atoms with Gasteiger partial charge in [-0.05, 0) is 145 Å². The summed E-state index contributed by atoms with van der Waals surface area (Å²) in [5, 5.41) is 0. The molecule has 0 N–H and O–H groups in total. The van der Waals surface area contributed by atoms with Crippen molar-refractivity contribution in [2.45, 2.75) is 0 Å². The summed E-state index contributed by atoms with van der Waals surface area (Å²) in [6.07, 6.45) is 0. The van der Waals surface area contributed by atoms with E-state index < -0.39 is 0 Å². The minimum absolute atomic E-state index is 0.873. The second kappa shape index (κ2) is 17.7. The molecular weight excluding hydrogens is 681 g/mol. The molecule has 0 heterocycles. The predicted octanol–water partition coefficient (Wildman–Crippen LogP) is 9.22. The normalized spacial score (nSPS) is 9.93. The number of hydrogen-bond donors (Lipinski definition) is 0. The van der Waals surface area contributed by atoms with Crippen LogP contribution in [-0.4, -0.2) is 56.4 Å². The topological polar surface area (TPSA) is 13.0 Å². The van der Waals surface area contributed by atoms with Gasteiger partial charge in [0.25, 0.3) is 0 Å². The third-order valence-electron chi connectivity index (χ3n) is 9.14. The zero-order valence-electron chi connectivity index (χ0n) is 33.5. The first-order valence-corrected chi connectivity index (χ1v) is 18.5. The molecule has 6 rings (SSSR count). The van der Waals surface area contributed by atoms with Gasteiger partial charge in [0.2, 0.25) is 0 Å². The summed E-state index contributed by atoms with van der Waals surface area (Å²) in [4.78, 5) is 8.33. The van der Waals surface area contributed by atoms with Gasteiger partial charge in [0.05, 0.1) is 0 Å². The van der Waals surface area contributed by atoms with Crippen LogP contribution in [0.2, 0.25) is 0 Å². The fraction of sp³-hybridized carbons (Fsp3) is 0.154. The van der Waals surface area contributed by atoms with Crippen molar-refractivity contribution in [2.24, 2.45) is 0 Å². The van der Waals surface area contributed by atoms with Crippen molar-refractivity contribution in [1.82, 2.24) is 0 Å². The number of rotatable bonds is 5. The standard InChI is InChI=1S/C52H46N4/c1-53(2)49-25-17-39(18-26-49)9-13-43-33-44(14-10-40-19-27-50(28-20-40)54(3)4)36-47(35-43)48-37-45(15-11-41-21-29-51(30-22-41)55(5)6)34-46(38-48)16-12-42-23-31-52(32-24-42)56(7)8/h17-38H,1-8H3. The van der Waals surface area contributed by atoms with Crippen LogP contribution < -0.4 is 19.6 Å². The van der Waals surface area contributed by atoms with Gasteiger partial charge in [0.15, 0.2) is 0 Å². The van der Waals surface area contributed by atoms with Gasteiger partial charge < -0.3 is 19.6 Å². The van der Waals surface area contributed by atoms with Crippen molar-refractivity contribution in [3.8, 4) is 58.5 Å². The largest absolute Gasteiger partial charge is 0.378 e. The van der Waals surface area contributed by atoms with Crippen molar-refractivity contribution in [3.05, 3.63) is 178 Å². The molecule has 0 fully saturated rings. The Hall–Kier alpha value is -7.24. The molecule has 0 aliphatic carbocycles. The van der Waals surface area contributed by atoms with Crippen molar-refractivity contribution >= 4 is 22.7 Å². The van der Waals surface area contributed by atoms with Crippen LogP contribution >= 0.6 is 0 Å². The molecule has 0 saturated carbocycles. The predicted molar refractivity (Wildman–Crippen MR) is 239 cm³/mol. The lowest BCUT2D eigenvalue weighted by Gasteiger charge is -2.11. The summed E-state index contributed by atoms with van der Waals surface area (Å²) in [6, 6.07) is 45.7. The van der Waals surface area contributed by atoms with Crippen molar-refractivity contribution in [2.75, 3.05) is 76.0 Å². The van der Waals surface area contributed by atoms with Crippen molar-refractivity contribution in [1.29, 1.82) is 0 Å². The van der Waals surface area contributed by atoms with Gasteiger partial charge >= 0.3 is 0 Å². The van der Waals surface area contributed by atoms with E-state index in [4.69, 9.17) is 0 Å². The molecule has 0 amide bonds. The fourth-order valence-corrected chi connectivity index (χ4v) is 5.83. The third-order valence-corrected chi connectivity index (χ3v) is 9.14. The Labute approximate surface area is 334 Å². The fourth-order valence-electron chi connectivity index (χ4n) is 5.83. The summed E-state index contributed by atoms with van der Waals surface area (Å²) < 4.78 is 0. The summed E-state index contributed by atoms with van der Waals surface area (Å²) in [7, 11) is 16.3. The van der Waals surface area contributed by atoms with Gasteiger partial charge in [-0.15, -0.1) is 0 Å². The maximum atomic E-state index is 3.43. The zero-order valence-corrected chi connectivity index (χ0v) is 33.5. The smallest absolute Gasteiger partial charge is 0.0361 e. The Morgan fingerprint density at radius 2 is 0.411 bits per heavy atom. The van der Waals surface area contributed by atoms with E-state index in [-0.39, 0.29) is 0 Å². The maximum Gasteiger partial charge on any atom is 0.0361 e. The minimum atomic E-state index is 0.873. The molecule has 0 unspecified atom stereocenters. The molecule has 0 saturated heterocycles. The molecule has 0 aliphatic heterocycles. The van der Waals surface area contributed by atoms with Crippen LogP contribution in [0, 0.1) is 47.4 Å². The highest BCUT2D eigenvalue weighted by Crippen LogP contribution is 2.26. The SMILES string of the molecule is CN(C)c1ccc(C#Cc2cc(C#Cc3ccc(N(C)C)cc3)cc(-c3cc(C#Cc4ccc(N(C)C)cc4)cc(C#Cc4ccc(N(C)C)cc4)c3)c2)cc1. The third kappa shape index (κ3) is 10.5. The van der Waals surface area contributed by atoms with E-state index in [1.54, 1.807) is 0 Å². The molecule has 0 bridgehead atoms. The first kappa shape index (κ1) is 38.5. The summed E-state index contributed by atoms with van der Waals surface area (Å²) in [5.41, 5.74) is 13.8. The number of hydrogen-bond acceptors (Lipinski definition) is 4. The molecule has 0 spiro atoms. The Morgan fingerprint density at radius 1 is 0.232 bits per heavy atom. The van der Waals surface area contributed by atoms with Crippen LogP contribution in [0.15, 0.2) is 133 Å². The van der Waals surface area contributed by atoms with E-state index in [1.807, 2.05) is 56.4 Å². The molecule has 6 aromatic rings. The number of anilines is 4. The lowest BCUT2D eigenvalue weighted by Crippen LogP contribution is -2.07. The Kier molecular flexibility index (Phi) is 12.2. The van der Waals surface area contributed by atoms with Crippen LogP contribution in [0.3, 0.4) is 0 Å². The minimum Gasteiger partial charge on any atom is -0.378 e. The first-order valence-electron chi connectivity index (χ1n) is 18.5. The summed E-state index contributed by atoms with van der Waals surface area (Å²) >= 11 is 0. The van der Waals surface area contributed by atoms with Crippen LogP contribution in [0.25, 0.3) is 11.1 Å². The lowest BCUT2D eigenvalue weighted by atomic mass is 9.96. The lowest BCUT2D eigenvalue weighted by molar-refractivity contribution is 1.13. The van der Waals surface area contributed by atoms with Gasteiger partial charge in [-0.1, -0.05) is 47.4 Å². The van der Waals surface area contributed by atoms with Crippen LogP contribution in [-0.2, 0) is 0 Å². The second-order valence-electron chi connectivity index (χ2n) is 14.4. The maximum absolute atomic E-state index is 3.43. The molecule has 6 aromatic carbocycles. The molecule has 4 nitrogen and oxygen atoms in total. The molecule has 274 valence electrons. The van der Waals surface area contributed by atoms with E-state index in [1.165, 1.54) is 0 Å². The van der Waals surface area contributed by atoms with Gasteiger partial charge in [0.1, 0.15) is 0 Å². The van der Waals surface area contributed by atoms with Crippen LogP contribution in [0.4, 0.5) is 22.7 Å².